The van der Waals surface area contributed by atoms with Crippen LogP contribution in [0.5, 0.6) is 11.5 Å². The van der Waals surface area contributed by atoms with Crippen LogP contribution in [0.3, 0.4) is 0 Å². The second-order valence-electron chi connectivity index (χ2n) is 8.75. The zero-order chi connectivity index (χ0) is 23.6. The van der Waals surface area contributed by atoms with Crippen LogP contribution in [0.1, 0.15) is 11.1 Å². The van der Waals surface area contributed by atoms with E-state index in [9.17, 15) is 9.90 Å². The molecule has 0 unspecified atom stereocenters. The molecule has 1 atom stereocenters. The number of fused-ring (bicyclic) bond motifs is 1. The lowest BCUT2D eigenvalue weighted by Crippen LogP contribution is -2.42. The number of hydrogen-bond acceptors (Lipinski definition) is 7. The third kappa shape index (κ3) is 7.43. The van der Waals surface area contributed by atoms with Gasteiger partial charge in [0.2, 0.25) is 0 Å². The summed E-state index contributed by atoms with van der Waals surface area (Å²) in [5.41, 5.74) is 2.69. The van der Waals surface area contributed by atoms with Crippen LogP contribution in [0.2, 0.25) is 0 Å². The van der Waals surface area contributed by atoms with E-state index >= 15 is 0 Å². The Morgan fingerprint density at radius 1 is 0.971 bits per heavy atom. The first-order chi connectivity index (χ1) is 16.7. The number of rotatable bonds is 11. The minimum Gasteiger partial charge on any atom is -0.488 e. The number of carbonyl (C=O) groups is 1. The number of nitrogens with zero attached hydrogens (tertiary/aromatic N) is 2. The van der Waals surface area contributed by atoms with Crippen LogP contribution in [0.25, 0.3) is 0 Å². The lowest BCUT2D eigenvalue weighted by atomic mass is 10.00. The first kappa shape index (κ1) is 24.5. The first-order valence-electron chi connectivity index (χ1n) is 12.1. The Labute approximate surface area is 201 Å². The van der Waals surface area contributed by atoms with Crippen LogP contribution in [0.15, 0.2) is 48.5 Å². The van der Waals surface area contributed by atoms with Gasteiger partial charge in [0.15, 0.2) is 18.1 Å². The number of aliphatic hydroxyl groups excluding tert-OH is 1. The average molecular weight is 470 g/mol. The third-order valence-electron chi connectivity index (χ3n) is 6.19. The van der Waals surface area contributed by atoms with Crippen molar-refractivity contribution >= 4 is 5.91 Å². The molecule has 2 aliphatic heterocycles. The molecule has 0 bridgehead atoms. The highest BCUT2D eigenvalue weighted by Gasteiger charge is 2.19. The summed E-state index contributed by atoms with van der Waals surface area (Å²) in [7, 11) is 0. The minimum atomic E-state index is -0.634. The van der Waals surface area contributed by atoms with Gasteiger partial charge in [-0.3, -0.25) is 14.6 Å². The maximum atomic E-state index is 12.3. The number of para-hydroxylation sites is 2. The van der Waals surface area contributed by atoms with Crippen LogP contribution < -0.4 is 14.8 Å². The topological polar surface area (TPSA) is 83.5 Å². The molecule has 184 valence electrons. The van der Waals surface area contributed by atoms with E-state index in [0.29, 0.717) is 24.7 Å². The average Bonchev–Trinajstić information content (AvgIpc) is 2.87. The van der Waals surface area contributed by atoms with Crippen molar-refractivity contribution in [3.05, 3.63) is 59.7 Å². The Hall–Kier alpha value is -2.65. The molecule has 0 radical (unpaired) electrons. The molecule has 1 fully saturated rings. The molecule has 2 N–H and O–H groups in total. The quantitative estimate of drug-likeness (QED) is 0.514. The predicted molar refractivity (Wildman–Crippen MR) is 129 cm³/mol. The summed E-state index contributed by atoms with van der Waals surface area (Å²) < 4.78 is 17.0. The van der Waals surface area contributed by atoms with Gasteiger partial charge in [0.25, 0.3) is 5.91 Å². The SMILES string of the molecule is O=C(COc1ccccc1OCCN1CCOCC1)NC[C@@H](O)CN1CCc2ccccc2C1. The van der Waals surface area contributed by atoms with E-state index in [0.717, 1.165) is 52.4 Å². The molecule has 2 aromatic carbocycles. The number of carbonyl (C=O) groups excluding carboxylic acids is 1. The van der Waals surface area contributed by atoms with Gasteiger partial charge in [0.1, 0.15) is 6.61 Å². The van der Waals surface area contributed by atoms with E-state index in [-0.39, 0.29) is 19.1 Å². The lowest BCUT2D eigenvalue weighted by Gasteiger charge is -2.30. The number of β-amino-alcohol motifs (C(OH)–C–C–N with tert-alkyl or cyclic N) is 1. The largest absolute Gasteiger partial charge is 0.488 e. The van der Waals surface area contributed by atoms with Gasteiger partial charge in [0, 0.05) is 45.8 Å². The molecule has 2 heterocycles. The maximum absolute atomic E-state index is 12.3. The molecule has 0 aromatic heterocycles. The molecule has 0 saturated carbocycles. The Balaban J connectivity index is 1.15. The second-order valence-corrected chi connectivity index (χ2v) is 8.75. The van der Waals surface area contributed by atoms with E-state index in [4.69, 9.17) is 14.2 Å². The van der Waals surface area contributed by atoms with E-state index in [1.807, 2.05) is 24.3 Å². The summed E-state index contributed by atoms with van der Waals surface area (Å²) in [4.78, 5) is 16.8. The highest BCUT2D eigenvalue weighted by atomic mass is 16.5. The van der Waals surface area contributed by atoms with Gasteiger partial charge < -0.3 is 24.6 Å². The van der Waals surface area contributed by atoms with Crippen molar-refractivity contribution in [2.75, 3.05) is 65.7 Å². The van der Waals surface area contributed by atoms with E-state index < -0.39 is 6.10 Å². The normalized spacial score (nSPS) is 17.6. The molecular formula is C26H35N3O5. The van der Waals surface area contributed by atoms with Gasteiger partial charge in [-0.15, -0.1) is 0 Å². The van der Waals surface area contributed by atoms with Crippen LogP contribution >= 0.6 is 0 Å². The summed E-state index contributed by atoms with van der Waals surface area (Å²) in [5, 5.41) is 13.2. The Morgan fingerprint density at radius 2 is 1.68 bits per heavy atom. The Kier molecular flexibility index (Phi) is 9.15. The second kappa shape index (κ2) is 12.7. The molecule has 2 aliphatic rings. The maximum Gasteiger partial charge on any atom is 0.258 e. The van der Waals surface area contributed by atoms with Crippen LogP contribution in [-0.2, 0) is 22.5 Å². The van der Waals surface area contributed by atoms with Crippen molar-refractivity contribution in [1.82, 2.24) is 15.1 Å². The third-order valence-corrected chi connectivity index (χ3v) is 6.19. The molecule has 2 aromatic rings. The summed E-state index contributed by atoms with van der Waals surface area (Å²) in [6.45, 7) is 7.03. The summed E-state index contributed by atoms with van der Waals surface area (Å²) in [6.07, 6.45) is 0.349. The number of nitrogens with one attached hydrogen (secondary N) is 1. The van der Waals surface area contributed by atoms with E-state index in [2.05, 4.69) is 33.3 Å². The zero-order valence-electron chi connectivity index (χ0n) is 19.7. The van der Waals surface area contributed by atoms with Gasteiger partial charge >= 0.3 is 0 Å². The van der Waals surface area contributed by atoms with Crippen LogP contribution in [0.4, 0.5) is 0 Å². The molecule has 1 saturated heterocycles. The number of benzene rings is 2. The summed E-state index contributed by atoms with van der Waals surface area (Å²) in [6, 6.07) is 15.8. The standard InChI is InChI=1S/C26H35N3O5/c30-23(19-29-10-9-21-5-1-2-6-22(21)18-29)17-27-26(31)20-34-25-8-4-3-7-24(25)33-16-13-28-11-14-32-15-12-28/h1-8,23,30H,9-20H2,(H,27,31)/t23-/m1/s1. The summed E-state index contributed by atoms with van der Waals surface area (Å²) >= 11 is 0. The zero-order valence-corrected chi connectivity index (χ0v) is 19.7. The molecule has 4 rings (SSSR count). The molecule has 0 spiro atoms. The number of amides is 1. The lowest BCUT2D eigenvalue weighted by molar-refractivity contribution is -0.123. The molecule has 8 nitrogen and oxygen atoms in total. The van der Waals surface area contributed by atoms with Crippen molar-refractivity contribution < 1.29 is 24.1 Å². The Bertz CT molecular complexity index is 919. The molecular weight excluding hydrogens is 434 g/mol. The van der Waals surface area contributed by atoms with Crippen molar-refractivity contribution in [2.24, 2.45) is 0 Å². The number of morpholine rings is 1. The highest BCUT2D eigenvalue weighted by Crippen LogP contribution is 2.26. The van der Waals surface area contributed by atoms with Gasteiger partial charge in [-0.2, -0.15) is 0 Å². The monoisotopic (exact) mass is 469 g/mol. The molecule has 8 heteroatoms. The van der Waals surface area contributed by atoms with Crippen molar-refractivity contribution in [3.8, 4) is 11.5 Å². The van der Waals surface area contributed by atoms with E-state index in [1.165, 1.54) is 11.1 Å². The predicted octanol–water partition coefficient (Wildman–Crippen LogP) is 1.31. The molecule has 34 heavy (non-hydrogen) atoms. The fraction of sp³-hybridized carbons (Fsp3) is 0.500. The van der Waals surface area contributed by atoms with Gasteiger partial charge in [-0.1, -0.05) is 36.4 Å². The number of ether oxygens (including phenoxy) is 3. The fourth-order valence-electron chi connectivity index (χ4n) is 4.30. The van der Waals surface area contributed by atoms with Crippen LogP contribution in [-0.4, -0.2) is 92.6 Å². The highest BCUT2D eigenvalue weighted by molar-refractivity contribution is 5.77. The van der Waals surface area contributed by atoms with Gasteiger partial charge in [-0.25, -0.2) is 0 Å². The first-order valence-corrected chi connectivity index (χ1v) is 12.1. The smallest absolute Gasteiger partial charge is 0.258 e. The summed E-state index contributed by atoms with van der Waals surface area (Å²) in [5.74, 6) is 0.882. The minimum absolute atomic E-state index is 0.131. The van der Waals surface area contributed by atoms with Crippen molar-refractivity contribution in [3.63, 3.8) is 0 Å². The van der Waals surface area contributed by atoms with Crippen molar-refractivity contribution in [2.45, 2.75) is 19.1 Å². The van der Waals surface area contributed by atoms with Gasteiger partial charge in [-0.05, 0) is 29.7 Å². The van der Waals surface area contributed by atoms with Gasteiger partial charge in [0.05, 0.1) is 19.3 Å². The van der Waals surface area contributed by atoms with E-state index in [1.54, 1.807) is 6.07 Å². The molecule has 0 aliphatic carbocycles. The van der Waals surface area contributed by atoms with Crippen molar-refractivity contribution in [1.29, 1.82) is 0 Å². The van der Waals surface area contributed by atoms with Crippen LogP contribution in [0, 0.1) is 0 Å². The Morgan fingerprint density at radius 3 is 2.47 bits per heavy atom. The number of aliphatic hydroxyl groups is 1. The molecule has 1 amide bonds. The fourth-order valence-corrected chi connectivity index (χ4v) is 4.30. The number of hydrogen-bond donors (Lipinski definition) is 2.